The van der Waals surface area contributed by atoms with Gasteiger partial charge in [-0.15, -0.1) is 0 Å². The first kappa shape index (κ1) is 17.4. The summed E-state index contributed by atoms with van der Waals surface area (Å²) in [4.78, 5) is 12.2. The fourth-order valence-electron chi connectivity index (χ4n) is 3.07. The van der Waals surface area contributed by atoms with E-state index in [-0.39, 0.29) is 24.2 Å². The molecule has 0 aromatic heterocycles. The molecule has 0 bridgehead atoms. The van der Waals surface area contributed by atoms with Crippen molar-refractivity contribution in [2.24, 2.45) is 0 Å². The average molecular weight is 287 g/mol. The van der Waals surface area contributed by atoms with Gasteiger partial charge in [-0.05, 0) is 40.0 Å². The van der Waals surface area contributed by atoms with E-state index in [1.807, 2.05) is 20.8 Å². The fraction of sp³-hybridized carbons (Fsp3) is 0.933. The highest BCUT2D eigenvalue weighted by Crippen LogP contribution is 2.32. The van der Waals surface area contributed by atoms with Gasteiger partial charge in [0, 0.05) is 19.6 Å². The van der Waals surface area contributed by atoms with Gasteiger partial charge in [-0.1, -0.05) is 0 Å². The highest BCUT2D eigenvalue weighted by Gasteiger charge is 2.44. The lowest BCUT2D eigenvalue weighted by molar-refractivity contribution is -0.155. The quantitative estimate of drug-likeness (QED) is 0.725. The lowest BCUT2D eigenvalue weighted by atomic mass is 9.79. The van der Waals surface area contributed by atoms with Gasteiger partial charge in [-0.3, -0.25) is 10.1 Å². The van der Waals surface area contributed by atoms with E-state index in [0.717, 1.165) is 19.3 Å². The monoisotopic (exact) mass is 287 g/mol. The van der Waals surface area contributed by atoms with E-state index in [4.69, 9.17) is 14.2 Å². The maximum Gasteiger partial charge on any atom is 0.326 e. The summed E-state index contributed by atoms with van der Waals surface area (Å²) in [7, 11) is 3.11. The van der Waals surface area contributed by atoms with E-state index in [9.17, 15) is 4.79 Å². The molecule has 20 heavy (non-hydrogen) atoms. The fourth-order valence-corrected chi connectivity index (χ4v) is 3.07. The summed E-state index contributed by atoms with van der Waals surface area (Å²) < 4.78 is 16.1. The van der Waals surface area contributed by atoms with E-state index >= 15 is 0 Å². The molecule has 0 amide bonds. The Hall–Kier alpha value is -0.650. The summed E-state index contributed by atoms with van der Waals surface area (Å²) in [6.07, 6.45) is 3.50. The van der Waals surface area contributed by atoms with Crippen molar-refractivity contribution in [3.05, 3.63) is 0 Å². The largest absolute Gasteiger partial charge is 0.468 e. The highest BCUT2D eigenvalue weighted by atomic mass is 16.5. The molecule has 118 valence electrons. The van der Waals surface area contributed by atoms with Gasteiger partial charge in [0.15, 0.2) is 0 Å². The Bertz CT molecular complexity index is 308. The van der Waals surface area contributed by atoms with Gasteiger partial charge in [-0.2, -0.15) is 0 Å². The molecular formula is C15H29NO4. The number of esters is 1. The highest BCUT2D eigenvalue weighted by molar-refractivity contribution is 5.81. The molecule has 3 unspecified atom stereocenters. The van der Waals surface area contributed by atoms with E-state index in [2.05, 4.69) is 5.32 Å². The summed E-state index contributed by atoms with van der Waals surface area (Å²) in [6, 6.07) is 0.226. The number of nitrogens with one attached hydrogen (secondary N) is 1. The molecule has 0 aliphatic heterocycles. The van der Waals surface area contributed by atoms with E-state index in [1.165, 1.54) is 7.11 Å². The van der Waals surface area contributed by atoms with Crippen LogP contribution in [0.1, 0.15) is 46.5 Å². The van der Waals surface area contributed by atoms with Crippen LogP contribution in [0, 0.1) is 0 Å². The van der Waals surface area contributed by atoms with Crippen LogP contribution in [-0.4, -0.2) is 50.6 Å². The van der Waals surface area contributed by atoms with E-state index < -0.39 is 5.54 Å². The summed E-state index contributed by atoms with van der Waals surface area (Å²) in [6.45, 7) is 6.65. The van der Waals surface area contributed by atoms with Crippen molar-refractivity contribution in [3.63, 3.8) is 0 Å². The molecule has 1 aliphatic rings. The standard InChI is InChI=1S/C15H29NO4/c1-11(2)16-15(14(17)19-5)8-6-7-13(9-15)20-12(3)10-18-4/h11-13,16H,6-10H2,1-5H3. The van der Waals surface area contributed by atoms with Crippen LogP contribution in [0.25, 0.3) is 0 Å². The minimum atomic E-state index is -0.612. The molecule has 0 saturated heterocycles. The van der Waals surface area contributed by atoms with Crippen LogP contribution in [0.15, 0.2) is 0 Å². The Morgan fingerprint density at radius 2 is 2.05 bits per heavy atom. The Morgan fingerprint density at radius 3 is 2.60 bits per heavy atom. The van der Waals surface area contributed by atoms with Gasteiger partial charge in [0.05, 0.1) is 25.9 Å². The molecule has 5 nitrogen and oxygen atoms in total. The van der Waals surface area contributed by atoms with Gasteiger partial charge in [0.25, 0.3) is 0 Å². The van der Waals surface area contributed by atoms with Crippen LogP contribution in [0.5, 0.6) is 0 Å². The summed E-state index contributed by atoms with van der Waals surface area (Å²) in [5.74, 6) is -0.182. The topological polar surface area (TPSA) is 56.8 Å². The normalized spacial score (nSPS) is 28.4. The van der Waals surface area contributed by atoms with Gasteiger partial charge in [0.2, 0.25) is 0 Å². The van der Waals surface area contributed by atoms with Crippen molar-refractivity contribution >= 4 is 5.97 Å². The molecule has 1 rings (SSSR count). The lowest BCUT2D eigenvalue weighted by Crippen LogP contribution is -2.59. The first-order valence-electron chi connectivity index (χ1n) is 7.44. The Labute approximate surface area is 122 Å². The SMILES string of the molecule is COCC(C)OC1CCCC(NC(C)C)(C(=O)OC)C1. The number of hydrogen-bond acceptors (Lipinski definition) is 5. The van der Waals surface area contributed by atoms with Crippen LogP contribution >= 0.6 is 0 Å². The van der Waals surface area contributed by atoms with E-state index in [0.29, 0.717) is 13.0 Å². The molecule has 1 N–H and O–H groups in total. The van der Waals surface area contributed by atoms with Crippen LogP contribution in [0.3, 0.4) is 0 Å². The second-order valence-corrected chi connectivity index (χ2v) is 5.99. The first-order valence-corrected chi connectivity index (χ1v) is 7.44. The molecule has 0 spiro atoms. The van der Waals surface area contributed by atoms with Gasteiger partial charge in [0.1, 0.15) is 5.54 Å². The molecule has 0 aromatic rings. The molecule has 1 fully saturated rings. The maximum atomic E-state index is 12.2. The number of methoxy groups -OCH3 is 2. The van der Waals surface area contributed by atoms with Gasteiger partial charge >= 0.3 is 5.97 Å². The Morgan fingerprint density at radius 1 is 1.35 bits per heavy atom. The van der Waals surface area contributed by atoms with E-state index in [1.54, 1.807) is 7.11 Å². The van der Waals surface area contributed by atoms with Gasteiger partial charge in [-0.25, -0.2) is 0 Å². The third-order valence-corrected chi connectivity index (χ3v) is 3.67. The summed E-state index contributed by atoms with van der Waals surface area (Å²) >= 11 is 0. The maximum absolute atomic E-state index is 12.2. The molecule has 0 aromatic carbocycles. The number of rotatable bonds is 7. The first-order chi connectivity index (χ1) is 9.43. The summed E-state index contributed by atoms with van der Waals surface area (Å²) in [5.41, 5.74) is -0.612. The number of hydrogen-bond donors (Lipinski definition) is 1. The van der Waals surface area contributed by atoms with Crippen LogP contribution < -0.4 is 5.32 Å². The van der Waals surface area contributed by atoms with Crippen molar-refractivity contribution in [1.82, 2.24) is 5.32 Å². The third kappa shape index (κ3) is 4.72. The molecule has 0 radical (unpaired) electrons. The zero-order valence-corrected chi connectivity index (χ0v) is 13.4. The Kier molecular flexibility index (Phi) is 6.92. The number of carbonyl (C=O) groups excluding carboxylic acids is 1. The van der Waals surface area contributed by atoms with Crippen LogP contribution in [-0.2, 0) is 19.0 Å². The van der Waals surface area contributed by atoms with Crippen LogP contribution in [0.2, 0.25) is 0 Å². The molecule has 1 saturated carbocycles. The number of carbonyl (C=O) groups is 1. The van der Waals surface area contributed by atoms with Crippen molar-refractivity contribution < 1.29 is 19.0 Å². The molecule has 5 heteroatoms. The zero-order valence-electron chi connectivity index (χ0n) is 13.4. The molecule has 1 aliphatic carbocycles. The third-order valence-electron chi connectivity index (χ3n) is 3.67. The molecular weight excluding hydrogens is 258 g/mol. The average Bonchev–Trinajstić information content (AvgIpc) is 2.37. The van der Waals surface area contributed by atoms with Crippen molar-refractivity contribution in [2.45, 2.75) is 70.2 Å². The van der Waals surface area contributed by atoms with Gasteiger partial charge < -0.3 is 14.2 Å². The smallest absolute Gasteiger partial charge is 0.326 e. The predicted molar refractivity (Wildman–Crippen MR) is 77.7 cm³/mol. The second-order valence-electron chi connectivity index (χ2n) is 5.99. The van der Waals surface area contributed by atoms with Crippen molar-refractivity contribution in [3.8, 4) is 0 Å². The number of ether oxygens (including phenoxy) is 3. The minimum absolute atomic E-state index is 0.0393. The predicted octanol–water partition coefficient (Wildman–Crippen LogP) is 1.89. The van der Waals surface area contributed by atoms with Crippen LogP contribution in [0.4, 0.5) is 0 Å². The van der Waals surface area contributed by atoms with Crippen molar-refractivity contribution in [2.75, 3.05) is 20.8 Å². The Balaban J connectivity index is 2.72. The second kappa shape index (κ2) is 7.96. The minimum Gasteiger partial charge on any atom is -0.468 e. The zero-order chi connectivity index (χ0) is 15.2. The summed E-state index contributed by atoms with van der Waals surface area (Å²) in [5, 5.41) is 3.40. The lowest BCUT2D eigenvalue weighted by Gasteiger charge is -2.41. The molecule has 3 atom stereocenters. The molecule has 0 heterocycles. The van der Waals surface area contributed by atoms with Crippen molar-refractivity contribution in [1.29, 1.82) is 0 Å².